The van der Waals surface area contributed by atoms with Crippen LogP contribution in [0.25, 0.3) is 16.8 Å². The van der Waals surface area contributed by atoms with Gasteiger partial charge in [-0.15, -0.1) is 0 Å². The van der Waals surface area contributed by atoms with E-state index in [4.69, 9.17) is 0 Å². The van der Waals surface area contributed by atoms with Crippen LogP contribution in [0.5, 0.6) is 0 Å². The molecule has 2 aromatic rings. The summed E-state index contributed by atoms with van der Waals surface area (Å²) in [4.78, 5) is 0. The fourth-order valence-electron chi connectivity index (χ4n) is 1.75. The van der Waals surface area contributed by atoms with Crippen molar-refractivity contribution in [2.45, 2.75) is 0 Å². The summed E-state index contributed by atoms with van der Waals surface area (Å²) in [5, 5.41) is 5.68. The van der Waals surface area contributed by atoms with Crippen LogP contribution in [0, 0.1) is 0 Å². The van der Waals surface area contributed by atoms with Gasteiger partial charge >= 0.3 is 0 Å². The third kappa shape index (κ3) is 1.27. The average molecular weight is 183 g/mol. The van der Waals surface area contributed by atoms with E-state index in [0.29, 0.717) is 0 Å². The lowest BCUT2D eigenvalue weighted by atomic mass is 10.0. The zero-order valence-corrected chi connectivity index (χ0v) is 8.25. The Morgan fingerprint density at radius 1 is 1.14 bits per heavy atom. The standard InChI is InChI=1S/C13H13N/c1-3-10-6-4-7-11-8-5-9-12(14-2)13(10)11/h3-9,14H,1H2,2H3. The van der Waals surface area contributed by atoms with Crippen LogP contribution in [-0.2, 0) is 0 Å². The second-order valence-electron chi connectivity index (χ2n) is 3.21. The van der Waals surface area contributed by atoms with Crippen molar-refractivity contribution in [1.29, 1.82) is 0 Å². The van der Waals surface area contributed by atoms with Gasteiger partial charge in [-0.2, -0.15) is 0 Å². The molecule has 0 saturated carbocycles. The highest BCUT2D eigenvalue weighted by atomic mass is 14.8. The van der Waals surface area contributed by atoms with Crippen molar-refractivity contribution in [3.05, 3.63) is 48.5 Å². The lowest BCUT2D eigenvalue weighted by Crippen LogP contribution is -1.90. The molecule has 1 nitrogen and oxygen atoms in total. The van der Waals surface area contributed by atoms with Crippen LogP contribution in [0.15, 0.2) is 43.0 Å². The van der Waals surface area contributed by atoms with E-state index in [-0.39, 0.29) is 0 Å². The number of hydrogen-bond donors (Lipinski definition) is 1. The molecule has 14 heavy (non-hydrogen) atoms. The fraction of sp³-hybridized carbons (Fsp3) is 0.0769. The van der Waals surface area contributed by atoms with Gasteiger partial charge in [-0.05, 0) is 17.0 Å². The van der Waals surface area contributed by atoms with Gasteiger partial charge in [0.05, 0.1) is 0 Å². The summed E-state index contributed by atoms with van der Waals surface area (Å²) in [5.74, 6) is 0. The van der Waals surface area contributed by atoms with Crippen LogP contribution in [0.3, 0.4) is 0 Å². The number of benzene rings is 2. The Balaban J connectivity index is 2.88. The smallest absolute Gasteiger partial charge is 0.0423 e. The molecular formula is C13H13N. The third-order valence-corrected chi connectivity index (χ3v) is 2.43. The highest BCUT2D eigenvalue weighted by Crippen LogP contribution is 2.27. The Hall–Kier alpha value is -1.76. The van der Waals surface area contributed by atoms with Gasteiger partial charge in [0.1, 0.15) is 0 Å². The molecule has 0 aliphatic carbocycles. The lowest BCUT2D eigenvalue weighted by molar-refractivity contribution is 1.54. The summed E-state index contributed by atoms with van der Waals surface area (Å²) in [7, 11) is 1.94. The highest BCUT2D eigenvalue weighted by Gasteiger charge is 2.01. The summed E-state index contributed by atoms with van der Waals surface area (Å²) >= 11 is 0. The first-order chi connectivity index (χ1) is 6.86. The van der Waals surface area contributed by atoms with E-state index < -0.39 is 0 Å². The summed E-state index contributed by atoms with van der Waals surface area (Å²) in [6, 6.07) is 12.5. The molecule has 0 unspecified atom stereocenters. The second-order valence-corrected chi connectivity index (χ2v) is 3.21. The van der Waals surface area contributed by atoms with Crippen LogP contribution in [0.1, 0.15) is 5.56 Å². The molecule has 0 aliphatic rings. The molecule has 0 spiro atoms. The Morgan fingerprint density at radius 3 is 2.50 bits per heavy atom. The van der Waals surface area contributed by atoms with E-state index in [1.165, 1.54) is 16.3 Å². The van der Waals surface area contributed by atoms with E-state index in [1.807, 2.05) is 13.1 Å². The fourth-order valence-corrected chi connectivity index (χ4v) is 1.75. The van der Waals surface area contributed by atoms with Gasteiger partial charge in [-0.25, -0.2) is 0 Å². The molecule has 0 bridgehead atoms. The first kappa shape index (κ1) is 8.82. The van der Waals surface area contributed by atoms with Crippen LogP contribution in [0.4, 0.5) is 5.69 Å². The van der Waals surface area contributed by atoms with Crippen LogP contribution >= 0.6 is 0 Å². The van der Waals surface area contributed by atoms with Crippen molar-refractivity contribution in [3.63, 3.8) is 0 Å². The minimum atomic E-state index is 1.15. The molecule has 0 aromatic heterocycles. The zero-order valence-electron chi connectivity index (χ0n) is 8.25. The summed E-state index contributed by atoms with van der Waals surface area (Å²) < 4.78 is 0. The van der Waals surface area contributed by atoms with Gasteiger partial charge in [0.25, 0.3) is 0 Å². The molecule has 2 rings (SSSR count). The van der Waals surface area contributed by atoms with Crippen molar-refractivity contribution in [2.24, 2.45) is 0 Å². The maximum Gasteiger partial charge on any atom is 0.0423 e. The van der Waals surface area contributed by atoms with Crippen molar-refractivity contribution in [3.8, 4) is 0 Å². The SMILES string of the molecule is C=Cc1cccc2cccc(NC)c12. The normalized spacial score (nSPS) is 10.1. The minimum Gasteiger partial charge on any atom is -0.388 e. The molecule has 0 aliphatic heterocycles. The van der Waals surface area contributed by atoms with E-state index >= 15 is 0 Å². The van der Waals surface area contributed by atoms with Crippen molar-refractivity contribution < 1.29 is 0 Å². The Labute approximate surface area is 84.1 Å². The van der Waals surface area contributed by atoms with E-state index in [2.05, 4.69) is 48.3 Å². The first-order valence-corrected chi connectivity index (χ1v) is 4.68. The Morgan fingerprint density at radius 2 is 1.86 bits per heavy atom. The topological polar surface area (TPSA) is 12.0 Å². The Kier molecular flexibility index (Phi) is 2.23. The molecule has 1 N–H and O–H groups in total. The molecule has 0 heterocycles. The minimum absolute atomic E-state index is 1.15. The van der Waals surface area contributed by atoms with E-state index in [0.717, 1.165) is 5.69 Å². The van der Waals surface area contributed by atoms with Crippen LogP contribution in [0.2, 0.25) is 0 Å². The number of rotatable bonds is 2. The van der Waals surface area contributed by atoms with Crippen LogP contribution < -0.4 is 5.32 Å². The van der Waals surface area contributed by atoms with Crippen molar-refractivity contribution in [1.82, 2.24) is 0 Å². The Bertz CT molecular complexity index is 466. The average Bonchev–Trinajstić information content (AvgIpc) is 2.27. The molecule has 0 radical (unpaired) electrons. The van der Waals surface area contributed by atoms with E-state index in [1.54, 1.807) is 0 Å². The number of nitrogens with one attached hydrogen (secondary N) is 1. The largest absolute Gasteiger partial charge is 0.388 e. The van der Waals surface area contributed by atoms with Gasteiger partial charge in [0.2, 0.25) is 0 Å². The van der Waals surface area contributed by atoms with Gasteiger partial charge in [-0.1, -0.05) is 43.0 Å². The summed E-state index contributed by atoms with van der Waals surface area (Å²) in [5.41, 5.74) is 2.32. The lowest BCUT2D eigenvalue weighted by Gasteiger charge is -2.08. The zero-order chi connectivity index (χ0) is 9.97. The third-order valence-electron chi connectivity index (χ3n) is 2.43. The van der Waals surface area contributed by atoms with Crippen LogP contribution in [-0.4, -0.2) is 7.05 Å². The number of fused-ring (bicyclic) bond motifs is 1. The molecule has 0 amide bonds. The molecule has 0 atom stereocenters. The van der Waals surface area contributed by atoms with Crippen molar-refractivity contribution in [2.75, 3.05) is 12.4 Å². The van der Waals surface area contributed by atoms with Gasteiger partial charge in [0.15, 0.2) is 0 Å². The number of hydrogen-bond acceptors (Lipinski definition) is 1. The number of anilines is 1. The molecule has 2 aromatic carbocycles. The van der Waals surface area contributed by atoms with Crippen molar-refractivity contribution >= 4 is 22.5 Å². The molecule has 0 saturated heterocycles. The summed E-state index contributed by atoms with van der Waals surface area (Å²) in [6.45, 7) is 3.83. The maximum absolute atomic E-state index is 3.83. The molecule has 70 valence electrons. The first-order valence-electron chi connectivity index (χ1n) is 4.68. The maximum atomic E-state index is 3.83. The monoisotopic (exact) mass is 183 g/mol. The quantitative estimate of drug-likeness (QED) is 0.751. The molecular weight excluding hydrogens is 170 g/mol. The predicted molar refractivity (Wildman–Crippen MR) is 63.6 cm³/mol. The highest BCUT2D eigenvalue weighted by molar-refractivity contribution is 5.99. The van der Waals surface area contributed by atoms with Gasteiger partial charge < -0.3 is 5.32 Å². The van der Waals surface area contributed by atoms with Gasteiger partial charge in [-0.3, -0.25) is 0 Å². The second kappa shape index (κ2) is 3.54. The summed E-state index contributed by atoms with van der Waals surface area (Å²) in [6.07, 6.45) is 1.89. The molecule has 0 fully saturated rings. The van der Waals surface area contributed by atoms with E-state index in [9.17, 15) is 0 Å². The van der Waals surface area contributed by atoms with Gasteiger partial charge in [0, 0.05) is 18.1 Å². The predicted octanol–water partition coefficient (Wildman–Crippen LogP) is 3.52. The molecule has 1 heteroatoms.